The summed E-state index contributed by atoms with van der Waals surface area (Å²) in [5.74, 6) is 3.18. The van der Waals surface area contributed by atoms with E-state index in [9.17, 15) is 0 Å². The summed E-state index contributed by atoms with van der Waals surface area (Å²) in [5.41, 5.74) is 4.96. The molecule has 0 bridgehead atoms. The fraction of sp³-hybridized carbons (Fsp3) is 0.500. The summed E-state index contributed by atoms with van der Waals surface area (Å²) in [6.07, 6.45) is 3.09. The molecule has 29 heavy (non-hydrogen) atoms. The molecule has 4 nitrogen and oxygen atoms in total. The van der Waals surface area contributed by atoms with Gasteiger partial charge in [0.25, 0.3) is 8.32 Å². The second-order valence-electron chi connectivity index (χ2n) is 9.24. The van der Waals surface area contributed by atoms with Crippen molar-refractivity contribution in [2.75, 3.05) is 21.3 Å². The average molecular weight is 415 g/mol. The van der Waals surface area contributed by atoms with Gasteiger partial charge in [0.1, 0.15) is 5.75 Å². The van der Waals surface area contributed by atoms with Crippen LogP contribution in [0.25, 0.3) is 11.1 Å². The Labute approximate surface area is 176 Å². The summed E-state index contributed by atoms with van der Waals surface area (Å²) in [4.78, 5) is 0. The molecule has 2 aromatic rings. The quantitative estimate of drug-likeness (QED) is 0.542. The molecule has 3 rings (SSSR count). The first-order valence-electron chi connectivity index (χ1n) is 10.3. The molecule has 1 aliphatic carbocycles. The maximum absolute atomic E-state index is 6.67. The van der Waals surface area contributed by atoms with Gasteiger partial charge in [-0.25, -0.2) is 0 Å². The summed E-state index contributed by atoms with van der Waals surface area (Å²) < 4.78 is 23.5. The zero-order chi connectivity index (χ0) is 21.4. The number of hydrogen-bond acceptors (Lipinski definition) is 4. The van der Waals surface area contributed by atoms with Gasteiger partial charge in [0.15, 0.2) is 17.2 Å². The molecule has 0 fully saturated rings. The Morgan fingerprint density at radius 1 is 0.690 bits per heavy atom. The zero-order valence-electron chi connectivity index (χ0n) is 19.1. The van der Waals surface area contributed by atoms with Crippen LogP contribution in [-0.4, -0.2) is 29.6 Å². The molecule has 1 aliphatic rings. The summed E-state index contributed by atoms with van der Waals surface area (Å²) in [6, 6.07) is 8.54. The van der Waals surface area contributed by atoms with Crippen LogP contribution in [0.5, 0.6) is 23.0 Å². The standard InChI is InChI=1S/C24H34O4Si/c1-24(2,3)29(7,8)28-23-15-19-17(13-21(23)26-5)11-9-10-16-12-20(25-4)22(27-6)14-18(16)19/h12-15H,9-11H2,1-8H3. The van der Waals surface area contributed by atoms with E-state index in [0.717, 1.165) is 42.3 Å². The van der Waals surface area contributed by atoms with E-state index in [1.807, 2.05) is 0 Å². The number of methoxy groups -OCH3 is 3. The van der Waals surface area contributed by atoms with E-state index in [2.05, 4.69) is 58.1 Å². The van der Waals surface area contributed by atoms with Gasteiger partial charge in [0.2, 0.25) is 0 Å². The molecule has 2 aromatic carbocycles. The van der Waals surface area contributed by atoms with Gasteiger partial charge in [-0.2, -0.15) is 0 Å². The van der Waals surface area contributed by atoms with Crippen LogP contribution in [0.3, 0.4) is 0 Å². The Bertz CT molecular complexity index is 897. The monoisotopic (exact) mass is 414 g/mol. The first-order chi connectivity index (χ1) is 13.6. The van der Waals surface area contributed by atoms with Crippen molar-refractivity contribution in [1.82, 2.24) is 0 Å². The van der Waals surface area contributed by atoms with Crippen molar-refractivity contribution in [3.05, 3.63) is 35.4 Å². The molecule has 0 aliphatic heterocycles. The molecule has 0 N–H and O–H groups in total. The second kappa shape index (κ2) is 7.94. The molecule has 0 heterocycles. The van der Waals surface area contributed by atoms with Gasteiger partial charge < -0.3 is 18.6 Å². The van der Waals surface area contributed by atoms with Crippen molar-refractivity contribution >= 4 is 8.32 Å². The van der Waals surface area contributed by atoms with E-state index in [1.165, 1.54) is 22.3 Å². The number of benzene rings is 2. The Kier molecular flexibility index (Phi) is 5.90. The minimum atomic E-state index is -2.00. The highest BCUT2D eigenvalue weighted by molar-refractivity contribution is 6.74. The Morgan fingerprint density at radius 3 is 1.55 bits per heavy atom. The van der Waals surface area contributed by atoms with E-state index in [0.29, 0.717) is 0 Å². The van der Waals surface area contributed by atoms with Crippen LogP contribution in [0, 0.1) is 0 Å². The molecule has 0 amide bonds. The van der Waals surface area contributed by atoms with Crippen LogP contribution in [-0.2, 0) is 12.8 Å². The van der Waals surface area contributed by atoms with Gasteiger partial charge in [-0.05, 0) is 83.9 Å². The predicted octanol–water partition coefficient (Wildman–Crippen LogP) is 6.25. The van der Waals surface area contributed by atoms with Crippen molar-refractivity contribution in [2.24, 2.45) is 0 Å². The highest BCUT2D eigenvalue weighted by atomic mass is 28.4. The summed E-state index contributed by atoms with van der Waals surface area (Å²) in [6.45, 7) is 11.3. The minimum absolute atomic E-state index is 0.110. The number of fused-ring (bicyclic) bond motifs is 3. The lowest BCUT2D eigenvalue weighted by Gasteiger charge is -2.37. The molecular weight excluding hydrogens is 380 g/mol. The molecule has 5 heteroatoms. The van der Waals surface area contributed by atoms with Crippen molar-refractivity contribution in [3.8, 4) is 34.1 Å². The lowest BCUT2D eigenvalue weighted by Crippen LogP contribution is -2.43. The van der Waals surface area contributed by atoms with Crippen molar-refractivity contribution in [3.63, 3.8) is 0 Å². The Hall–Kier alpha value is -2.14. The summed E-state index contributed by atoms with van der Waals surface area (Å²) in [7, 11) is 3.09. The molecule has 0 aromatic heterocycles. The van der Waals surface area contributed by atoms with E-state index in [-0.39, 0.29) is 5.04 Å². The molecule has 0 unspecified atom stereocenters. The maximum Gasteiger partial charge on any atom is 0.250 e. The molecule has 0 saturated heterocycles. The fourth-order valence-corrected chi connectivity index (χ4v) is 4.59. The number of rotatable bonds is 5. The first kappa shape index (κ1) is 21.6. The molecule has 0 saturated carbocycles. The van der Waals surface area contributed by atoms with E-state index < -0.39 is 8.32 Å². The normalized spacial score (nSPS) is 13.8. The lowest BCUT2D eigenvalue weighted by molar-refractivity contribution is 0.354. The highest BCUT2D eigenvalue weighted by Crippen LogP contribution is 2.46. The van der Waals surface area contributed by atoms with Gasteiger partial charge >= 0.3 is 0 Å². The van der Waals surface area contributed by atoms with Crippen LogP contribution in [0.15, 0.2) is 24.3 Å². The second-order valence-corrected chi connectivity index (χ2v) is 14.0. The molecular formula is C24H34O4Si. The van der Waals surface area contributed by atoms with Crippen LogP contribution in [0.2, 0.25) is 18.1 Å². The minimum Gasteiger partial charge on any atom is -0.541 e. The van der Waals surface area contributed by atoms with Crippen LogP contribution < -0.4 is 18.6 Å². The lowest BCUT2D eigenvalue weighted by atomic mass is 9.95. The molecule has 0 radical (unpaired) electrons. The predicted molar refractivity (Wildman–Crippen MR) is 121 cm³/mol. The third-order valence-corrected chi connectivity index (χ3v) is 10.7. The molecule has 0 atom stereocenters. The number of hydrogen-bond donors (Lipinski definition) is 0. The van der Waals surface area contributed by atoms with E-state index in [1.54, 1.807) is 21.3 Å². The summed E-state index contributed by atoms with van der Waals surface area (Å²) >= 11 is 0. The number of aryl methyl sites for hydroxylation is 2. The van der Waals surface area contributed by atoms with Crippen LogP contribution in [0.1, 0.15) is 38.3 Å². The van der Waals surface area contributed by atoms with Crippen molar-refractivity contribution in [1.29, 1.82) is 0 Å². The van der Waals surface area contributed by atoms with Crippen molar-refractivity contribution < 1.29 is 18.6 Å². The third kappa shape index (κ3) is 4.11. The van der Waals surface area contributed by atoms with Gasteiger partial charge in [-0.1, -0.05) is 20.8 Å². The van der Waals surface area contributed by atoms with Gasteiger partial charge in [-0.15, -0.1) is 0 Å². The highest BCUT2D eigenvalue weighted by Gasteiger charge is 2.39. The van der Waals surface area contributed by atoms with Crippen LogP contribution in [0.4, 0.5) is 0 Å². The smallest absolute Gasteiger partial charge is 0.250 e. The number of ether oxygens (including phenoxy) is 3. The Morgan fingerprint density at radius 2 is 1.10 bits per heavy atom. The van der Waals surface area contributed by atoms with Gasteiger partial charge in [0, 0.05) is 0 Å². The third-order valence-electron chi connectivity index (χ3n) is 6.35. The topological polar surface area (TPSA) is 36.9 Å². The van der Waals surface area contributed by atoms with E-state index in [4.69, 9.17) is 18.6 Å². The molecule has 158 valence electrons. The van der Waals surface area contributed by atoms with Gasteiger partial charge in [0.05, 0.1) is 21.3 Å². The van der Waals surface area contributed by atoms with E-state index >= 15 is 0 Å². The zero-order valence-corrected chi connectivity index (χ0v) is 20.1. The summed E-state index contributed by atoms with van der Waals surface area (Å²) in [5, 5.41) is 0.110. The Balaban J connectivity index is 2.18. The largest absolute Gasteiger partial charge is 0.541 e. The van der Waals surface area contributed by atoms with Gasteiger partial charge in [-0.3, -0.25) is 0 Å². The molecule has 0 spiro atoms. The fourth-order valence-electron chi connectivity index (χ4n) is 3.57. The SMILES string of the molecule is COc1cc2c(cc1OC)-c1cc(O[Si](C)(C)C(C)(C)C)c(OC)cc1CCC2. The van der Waals surface area contributed by atoms with Crippen molar-refractivity contribution in [2.45, 2.75) is 58.2 Å². The average Bonchev–Trinajstić information content (AvgIpc) is 2.83. The first-order valence-corrected chi connectivity index (χ1v) is 13.2. The maximum atomic E-state index is 6.67. The van der Waals surface area contributed by atoms with Crippen LogP contribution >= 0.6 is 0 Å².